The summed E-state index contributed by atoms with van der Waals surface area (Å²) in [6.45, 7) is 7.50. The van der Waals surface area contributed by atoms with E-state index in [2.05, 4.69) is 22.0 Å². The van der Waals surface area contributed by atoms with Crippen molar-refractivity contribution in [3.05, 3.63) is 58.1 Å². The predicted octanol–water partition coefficient (Wildman–Crippen LogP) is 4.22. The van der Waals surface area contributed by atoms with Crippen LogP contribution in [0, 0.1) is 19.8 Å². The number of hydrogen-bond donors (Lipinski definition) is 2. The number of piperidine rings is 1. The fourth-order valence-corrected chi connectivity index (χ4v) is 5.58. The summed E-state index contributed by atoms with van der Waals surface area (Å²) in [5.41, 5.74) is 2.54. The number of benzene rings is 2. The highest BCUT2D eigenvalue weighted by molar-refractivity contribution is 7.89. The molecule has 1 saturated heterocycles. The van der Waals surface area contributed by atoms with Crippen LogP contribution >= 0.6 is 11.6 Å². The lowest BCUT2D eigenvalue weighted by molar-refractivity contribution is 0.102. The van der Waals surface area contributed by atoms with Crippen LogP contribution < -0.4 is 10.0 Å². The summed E-state index contributed by atoms with van der Waals surface area (Å²) in [5.74, 6) is 0.0649. The third-order valence-electron chi connectivity index (χ3n) is 6.00. The molecule has 168 valence electrons. The molecule has 6 nitrogen and oxygen atoms in total. The maximum Gasteiger partial charge on any atom is 0.255 e. The Morgan fingerprint density at radius 2 is 1.77 bits per heavy atom. The zero-order valence-electron chi connectivity index (χ0n) is 18.4. The number of sulfonamides is 1. The minimum Gasteiger partial charge on any atom is -0.322 e. The largest absolute Gasteiger partial charge is 0.322 e. The van der Waals surface area contributed by atoms with Gasteiger partial charge in [0.05, 0.1) is 4.90 Å². The first-order valence-electron chi connectivity index (χ1n) is 10.5. The molecule has 2 N–H and O–H groups in total. The summed E-state index contributed by atoms with van der Waals surface area (Å²) >= 11 is 5.96. The van der Waals surface area contributed by atoms with Crippen molar-refractivity contribution >= 4 is 33.2 Å². The van der Waals surface area contributed by atoms with Crippen molar-refractivity contribution in [2.24, 2.45) is 5.92 Å². The lowest BCUT2D eigenvalue weighted by atomic mass is 9.91. The number of anilines is 1. The van der Waals surface area contributed by atoms with E-state index in [0.29, 0.717) is 27.8 Å². The highest BCUT2D eigenvalue weighted by atomic mass is 35.5. The average Bonchev–Trinajstić information content (AvgIpc) is 2.69. The van der Waals surface area contributed by atoms with Crippen molar-refractivity contribution in [2.45, 2.75) is 44.6 Å². The molecule has 0 radical (unpaired) electrons. The fourth-order valence-electron chi connectivity index (χ4n) is 3.95. The van der Waals surface area contributed by atoms with E-state index in [-0.39, 0.29) is 16.8 Å². The van der Waals surface area contributed by atoms with Gasteiger partial charge in [-0.3, -0.25) is 4.79 Å². The summed E-state index contributed by atoms with van der Waals surface area (Å²) < 4.78 is 28.7. The molecule has 31 heavy (non-hydrogen) atoms. The quantitative estimate of drug-likeness (QED) is 0.672. The van der Waals surface area contributed by atoms with Crippen LogP contribution in [0.4, 0.5) is 5.69 Å². The van der Waals surface area contributed by atoms with Crippen LogP contribution in [-0.4, -0.2) is 45.4 Å². The van der Waals surface area contributed by atoms with Crippen LogP contribution in [0.5, 0.6) is 0 Å². The Kier molecular flexibility index (Phi) is 7.42. The number of likely N-dealkylation sites (tertiary alicyclic amines) is 1. The average molecular weight is 464 g/mol. The number of carbonyl (C=O) groups excluding carboxylic acids is 1. The van der Waals surface area contributed by atoms with E-state index < -0.39 is 10.0 Å². The molecule has 8 heteroatoms. The van der Waals surface area contributed by atoms with Gasteiger partial charge in [0.15, 0.2) is 0 Å². The van der Waals surface area contributed by atoms with Crippen molar-refractivity contribution < 1.29 is 13.2 Å². The summed E-state index contributed by atoms with van der Waals surface area (Å²) in [6.07, 6.45) is 1.96. The summed E-state index contributed by atoms with van der Waals surface area (Å²) in [4.78, 5) is 15.1. The zero-order valence-corrected chi connectivity index (χ0v) is 20.0. The van der Waals surface area contributed by atoms with Gasteiger partial charge in [-0.15, -0.1) is 0 Å². The van der Waals surface area contributed by atoms with Gasteiger partial charge >= 0.3 is 0 Å². The standard InChI is InChI=1S/C23H30ClN3O3S/c1-15-13-19(24)5-7-21(15)23(28)25-22-8-6-20(14-16(22)2)31(29,30)26-17(3)18-9-11-27(4)12-10-18/h5-8,13-14,17-18,26H,9-12H2,1-4H3,(H,25,28)/t17-/m1/s1. The van der Waals surface area contributed by atoms with Crippen molar-refractivity contribution in [1.29, 1.82) is 0 Å². The first kappa shape index (κ1) is 23.7. The Bertz CT molecular complexity index is 1060. The van der Waals surface area contributed by atoms with Gasteiger partial charge < -0.3 is 10.2 Å². The fraction of sp³-hybridized carbons (Fsp3) is 0.435. The molecule has 0 aliphatic carbocycles. The molecule has 0 unspecified atom stereocenters. The number of rotatable bonds is 6. The van der Waals surface area contributed by atoms with Gasteiger partial charge in [-0.2, -0.15) is 0 Å². The van der Waals surface area contributed by atoms with E-state index in [1.165, 1.54) is 6.07 Å². The first-order chi connectivity index (χ1) is 14.6. The van der Waals surface area contributed by atoms with E-state index in [4.69, 9.17) is 11.6 Å². The molecule has 1 aliphatic heterocycles. The van der Waals surface area contributed by atoms with Crippen LogP contribution in [0.3, 0.4) is 0 Å². The molecule has 1 amide bonds. The summed E-state index contributed by atoms with van der Waals surface area (Å²) in [6, 6.07) is 9.70. The number of nitrogens with one attached hydrogen (secondary N) is 2. The number of halogens is 1. The van der Waals surface area contributed by atoms with Gasteiger partial charge in [0, 0.05) is 22.3 Å². The molecular weight excluding hydrogens is 434 g/mol. The van der Waals surface area contributed by atoms with E-state index in [1.807, 2.05) is 13.8 Å². The van der Waals surface area contributed by atoms with Gasteiger partial charge in [-0.25, -0.2) is 13.1 Å². The van der Waals surface area contributed by atoms with Crippen LogP contribution in [0.2, 0.25) is 5.02 Å². The van der Waals surface area contributed by atoms with E-state index in [1.54, 1.807) is 37.3 Å². The van der Waals surface area contributed by atoms with Crippen LogP contribution in [0.1, 0.15) is 41.3 Å². The molecular formula is C23H30ClN3O3S. The number of carbonyl (C=O) groups is 1. The second-order valence-corrected chi connectivity index (χ2v) is 10.6. The van der Waals surface area contributed by atoms with Crippen molar-refractivity contribution in [3.63, 3.8) is 0 Å². The van der Waals surface area contributed by atoms with Gasteiger partial charge in [0.2, 0.25) is 10.0 Å². The molecule has 3 rings (SSSR count). The monoisotopic (exact) mass is 463 g/mol. The van der Waals surface area contributed by atoms with Crippen LogP contribution in [0.15, 0.2) is 41.3 Å². The topological polar surface area (TPSA) is 78.5 Å². The van der Waals surface area contributed by atoms with Crippen molar-refractivity contribution in [1.82, 2.24) is 9.62 Å². The SMILES string of the molecule is Cc1cc(S(=O)(=O)N[C@H](C)C2CCN(C)CC2)ccc1NC(=O)c1ccc(Cl)cc1C. The molecule has 1 heterocycles. The molecule has 0 aromatic heterocycles. The van der Waals surface area contributed by atoms with Gasteiger partial charge in [0.25, 0.3) is 5.91 Å². The summed E-state index contributed by atoms with van der Waals surface area (Å²) in [5, 5.41) is 3.43. The number of aryl methyl sites for hydroxylation is 2. The molecule has 2 aromatic rings. The zero-order chi connectivity index (χ0) is 22.8. The Morgan fingerprint density at radius 3 is 2.39 bits per heavy atom. The molecule has 0 bridgehead atoms. The number of nitrogens with zero attached hydrogens (tertiary/aromatic N) is 1. The van der Waals surface area contributed by atoms with Crippen LogP contribution in [-0.2, 0) is 10.0 Å². The maximum atomic E-state index is 12.9. The normalized spacial score (nSPS) is 16.8. The first-order valence-corrected chi connectivity index (χ1v) is 12.3. The smallest absolute Gasteiger partial charge is 0.255 e. The molecule has 1 fully saturated rings. The lowest BCUT2D eigenvalue weighted by Gasteiger charge is -2.32. The summed E-state index contributed by atoms with van der Waals surface area (Å²) in [7, 11) is -1.56. The third kappa shape index (κ3) is 5.86. The third-order valence-corrected chi connectivity index (χ3v) is 7.79. The van der Waals surface area contributed by atoms with Gasteiger partial charge in [-0.05, 0) is 107 Å². The predicted molar refractivity (Wildman–Crippen MR) is 125 cm³/mol. The molecule has 1 atom stereocenters. The molecule has 0 spiro atoms. The van der Waals surface area contributed by atoms with Crippen molar-refractivity contribution in [3.8, 4) is 0 Å². The van der Waals surface area contributed by atoms with E-state index in [9.17, 15) is 13.2 Å². The minimum atomic E-state index is -3.64. The second kappa shape index (κ2) is 9.69. The van der Waals surface area contributed by atoms with Crippen LogP contribution in [0.25, 0.3) is 0 Å². The molecule has 1 aliphatic rings. The Hall–Kier alpha value is -1.93. The maximum absolute atomic E-state index is 12.9. The van der Waals surface area contributed by atoms with Gasteiger partial charge in [0.1, 0.15) is 0 Å². The van der Waals surface area contributed by atoms with E-state index >= 15 is 0 Å². The van der Waals surface area contributed by atoms with Crippen molar-refractivity contribution in [2.75, 3.05) is 25.5 Å². The lowest BCUT2D eigenvalue weighted by Crippen LogP contribution is -2.42. The van der Waals surface area contributed by atoms with E-state index in [0.717, 1.165) is 31.5 Å². The second-order valence-electron chi connectivity index (χ2n) is 8.44. The highest BCUT2D eigenvalue weighted by Gasteiger charge is 2.26. The number of amides is 1. The highest BCUT2D eigenvalue weighted by Crippen LogP contribution is 2.24. The Labute approximate surface area is 190 Å². The minimum absolute atomic E-state index is 0.133. The number of hydrogen-bond acceptors (Lipinski definition) is 4. The Balaban J connectivity index is 1.71. The Morgan fingerprint density at radius 1 is 1.10 bits per heavy atom. The molecule has 0 saturated carbocycles. The molecule has 2 aromatic carbocycles. The van der Waals surface area contributed by atoms with Gasteiger partial charge in [-0.1, -0.05) is 11.6 Å².